The largest absolute Gasteiger partial charge is 0.465 e. The van der Waals surface area contributed by atoms with Gasteiger partial charge >= 0.3 is 11.9 Å². The summed E-state index contributed by atoms with van der Waals surface area (Å²) in [4.78, 5) is 38.0. The average Bonchev–Trinajstić information content (AvgIpc) is 3.13. The van der Waals surface area contributed by atoms with Gasteiger partial charge in [0.1, 0.15) is 11.5 Å². The van der Waals surface area contributed by atoms with E-state index in [1.54, 1.807) is 0 Å². The Morgan fingerprint density at radius 3 is 2.79 bits per heavy atom. The van der Waals surface area contributed by atoms with Crippen LogP contribution in [0.4, 0.5) is 0 Å². The molecule has 0 aromatic heterocycles. The van der Waals surface area contributed by atoms with Gasteiger partial charge in [0.15, 0.2) is 12.1 Å². The Bertz CT molecular complexity index is 820. The normalized spacial score (nSPS) is 50.4. The molecule has 5 fully saturated rings. The molecule has 0 unspecified atom stereocenters. The lowest BCUT2D eigenvalue weighted by molar-refractivity contribution is -0.242. The van der Waals surface area contributed by atoms with E-state index in [2.05, 4.69) is 6.58 Å². The van der Waals surface area contributed by atoms with Crippen molar-refractivity contribution in [2.24, 2.45) is 34.0 Å². The Morgan fingerprint density at radius 2 is 2.07 bits per heavy atom. The van der Waals surface area contributed by atoms with Crippen molar-refractivity contribution in [3.05, 3.63) is 12.2 Å². The summed E-state index contributed by atoms with van der Waals surface area (Å²) in [7, 11) is 0. The fraction of sp³-hybridized carbons (Fsp3) is 0.773. The molecule has 5 rings (SSSR count). The molecule has 5 aliphatic rings. The van der Waals surface area contributed by atoms with Crippen LogP contribution in [0, 0.1) is 34.0 Å². The number of aliphatic hydroxyl groups is 1. The van der Waals surface area contributed by atoms with Crippen LogP contribution in [0.5, 0.6) is 0 Å². The van der Waals surface area contributed by atoms with E-state index in [4.69, 9.17) is 14.2 Å². The number of fused-ring (bicyclic) bond motifs is 1. The maximum Gasteiger partial charge on any atom is 0.320 e. The minimum atomic E-state index is -1.21. The monoisotopic (exact) mass is 404 g/mol. The van der Waals surface area contributed by atoms with E-state index in [9.17, 15) is 19.5 Å². The highest BCUT2D eigenvalue weighted by Crippen LogP contribution is 2.71. The number of esters is 2. The van der Waals surface area contributed by atoms with E-state index in [1.165, 1.54) is 6.92 Å². The second-order valence-electron chi connectivity index (χ2n) is 10.0. The summed E-state index contributed by atoms with van der Waals surface area (Å²) in [5.41, 5.74) is -1.86. The number of carbonyl (C=O) groups excluding carboxylic acids is 3. The summed E-state index contributed by atoms with van der Waals surface area (Å²) in [6, 6.07) is 0. The average molecular weight is 404 g/mol. The molecular formula is C22H28O7. The summed E-state index contributed by atoms with van der Waals surface area (Å²) >= 11 is 0. The van der Waals surface area contributed by atoms with Gasteiger partial charge < -0.3 is 19.3 Å². The summed E-state index contributed by atoms with van der Waals surface area (Å²) in [6.45, 7) is 7.76. The zero-order valence-electron chi connectivity index (χ0n) is 16.9. The van der Waals surface area contributed by atoms with Crippen LogP contribution in [0.25, 0.3) is 0 Å². The highest BCUT2D eigenvalue weighted by molar-refractivity contribution is 6.15. The molecule has 2 aliphatic heterocycles. The van der Waals surface area contributed by atoms with Gasteiger partial charge in [-0.05, 0) is 49.5 Å². The number of carbonyl (C=O) groups is 3. The molecule has 0 amide bonds. The van der Waals surface area contributed by atoms with Gasteiger partial charge in [0.05, 0.1) is 13.2 Å². The number of Topliss-reactive ketones (excluding diaryl/α,β-unsaturated/α-hetero) is 1. The fourth-order valence-corrected chi connectivity index (χ4v) is 7.54. The van der Waals surface area contributed by atoms with Crippen LogP contribution in [0.1, 0.15) is 46.0 Å². The summed E-state index contributed by atoms with van der Waals surface area (Å²) < 4.78 is 17.2. The molecule has 1 N–H and O–H groups in total. The van der Waals surface area contributed by atoms with Crippen LogP contribution in [-0.4, -0.2) is 48.4 Å². The number of aliphatic hydroxyl groups excluding tert-OH is 1. The molecule has 8 atom stereocenters. The van der Waals surface area contributed by atoms with Crippen LogP contribution in [0.2, 0.25) is 0 Å². The first-order valence-corrected chi connectivity index (χ1v) is 10.5. The Balaban J connectivity index is 1.63. The third kappa shape index (κ3) is 2.18. The zero-order valence-corrected chi connectivity index (χ0v) is 16.9. The molecule has 2 bridgehead atoms. The first kappa shape index (κ1) is 19.2. The number of allylic oxidation sites excluding steroid dienone is 1. The molecule has 2 saturated heterocycles. The van der Waals surface area contributed by atoms with Gasteiger partial charge in [0, 0.05) is 23.7 Å². The molecule has 2 heterocycles. The van der Waals surface area contributed by atoms with Gasteiger partial charge in [-0.2, -0.15) is 0 Å². The number of hydrogen-bond donors (Lipinski definition) is 1. The predicted octanol–water partition coefficient (Wildman–Crippen LogP) is 1.77. The maximum absolute atomic E-state index is 13.3. The van der Waals surface area contributed by atoms with E-state index in [-0.39, 0.29) is 42.7 Å². The van der Waals surface area contributed by atoms with E-state index in [0.717, 1.165) is 6.42 Å². The lowest BCUT2D eigenvalue weighted by Crippen LogP contribution is -2.68. The summed E-state index contributed by atoms with van der Waals surface area (Å²) in [6.07, 6.45) is 1.74. The molecule has 29 heavy (non-hydrogen) atoms. The van der Waals surface area contributed by atoms with Crippen LogP contribution in [0.3, 0.4) is 0 Å². The Morgan fingerprint density at radius 1 is 1.31 bits per heavy atom. The van der Waals surface area contributed by atoms with Gasteiger partial charge in [-0.25, -0.2) is 0 Å². The zero-order chi connectivity index (χ0) is 20.8. The van der Waals surface area contributed by atoms with Gasteiger partial charge in [-0.3, -0.25) is 14.4 Å². The van der Waals surface area contributed by atoms with Gasteiger partial charge in [0.2, 0.25) is 0 Å². The molecule has 7 nitrogen and oxygen atoms in total. The minimum Gasteiger partial charge on any atom is -0.465 e. The number of ketones is 1. The van der Waals surface area contributed by atoms with Gasteiger partial charge in [0.25, 0.3) is 0 Å². The first-order valence-electron chi connectivity index (χ1n) is 10.5. The quantitative estimate of drug-likeness (QED) is 0.425. The third-order valence-electron chi connectivity index (χ3n) is 8.72. The number of rotatable bonds is 2. The lowest BCUT2D eigenvalue weighted by atomic mass is 9.44. The highest BCUT2D eigenvalue weighted by Gasteiger charge is 2.77. The van der Waals surface area contributed by atoms with Crippen LogP contribution < -0.4 is 0 Å². The van der Waals surface area contributed by atoms with Crippen molar-refractivity contribution < 1.29 is 33.7 Å². The molecular weight excluding hydrogens is 376 g/mol. The third-order valence-corrected chi connectivity index (χ3v) is 8.72. The molecule has 0 aromatic carbocycles. The molecule has 3 saturated carbocycles. The molecule has 7 heteroatoms. The Kier molecular flexibility index (Phi) is 3.92. The van der Waals surface area contributed by atoms with E-state index < -0.39 is 34.6 Å². The molecule has 3 aliphatic carbocycles. The van der Waals surface area contributed by atoms with Gasteiger partial charge in [-0.15, -0.1) is 0 Å². The van der Waals surface area contributed by atoms with Crippen molar-refractivity contribution in [2.75, 3.05) is 13.2 Å². The van der Waals surface area contributed by atoms with Crippen molar-refractivity contribution in [2.45, 2.75) is 58.3 Å². The van der Waals surface area contributed by atoms with Crippen molar-refractivity contribution in [3.63, 3.8) is 0 Å². The highest BCUT2D eigenvalue weighted by atomic mass is 16.6. The maximum atomic E-state index is 13.3. The van der Waals surface area contributed by atoms with E-state index in [1.807, 2.05) is 6.92 Å². The minimum absolute atomic E-state index is 0.0287. The molecule has 0 radical (unpaired) electrons. The Hall–Kier alpha value is -1.73. The molecule has 0 aromatic rings. The van der Waals surface area contributed by atoms with E-state index >= 15 is 0 Å². The van der Waals surface area contributed by atoms with E-state index in [0.29, 0.717) is 31.3 Å². The van der Waals surface area contributed by atoms with Crippen molar-refractivity contribution >= 4 is 17.7 Å². The van der Waals surface area contributed by atoms with Crippen molar-refractivity contribution in [1.29, 1.82) is 0 Å². The van der Waals surface area contributed by atoms with Crippen LogP contribution >= 0.6 is 0 Å². The predicted molar refractivity (Wildman–Crippen MR) is 99.1 cm³/mol. The smallest absolute Gasteiger partial charge is 0.320 e. The molecule has 2 spiro atoms. The first-order chi connectivity index (χ1) is 13.7. The number of ether oxygens (including phenoxy) is 3. The van der Waals surface area contributed by atoms with Crippen LogP contribution in [-0.2, 0) is 28.6 Å². The summed E-state index contributed by atoms with van der Waals surface area (Å²) in [5, 5.41) is 10.9. The second kappa shape index (κ2) is 5.91. The number of hydrogen-bond acceptors (Lipinski definition) is 7. The second-order valence-corrected chi connectivity index (χ2v) is 10.0. The van der Waals surface area contributed by atoms with Crippen molar-refractivity contribution in [1.82, 2.24) is 0 Å². The summed E-state index contributed by atoms with van der Waals surface area (Å²) in [5.74, 6) is -1.60. The van der Waals surface area contributed by atoms with Crippen molar-refractivity contribution in [3.8, 4) is 0 Å². The van der Waals surface area contributed by atoms with Crippen LogP contribution in [0.15, 0.2) is 12.2 Å². The van der Waals surface area contributed by atoms with Gasteiger partial charge in [-0.1, -0.05) is 13.5 Å². The SMILES string of the molecule is C=C1C(=O)[C@]23C[C@H]1CC[C@H]2[C@@]12CO[C@@H](O)[C@@H]1[C@](C)(COC(C)=O)CC[C@@H]2OC3=O. The molecule has 158 valence electrons. The fourth-order valence-electron chi connectivity index (χ4n) is 7.54. The Labute approximate surface area is 169 Å². The topological polar surface area (TPSA) is 99.1 Å². The standard InChI is InChI=1S/C22H28O7/c1-11-13-4-5-14-21(8-13,17(11)24)19(26)29-15-6-7-20(3,9-27-12(2)23)16-18(25)28-10-22(14,15)16/h13-16,18,25H,1,4-10H2,2-3H3/t13-,14-,15+,16-,18-,20+,21+,22-/m1/s1. The lowest BCUT2D eigenvalue weighted by Gasteiger charge is -2.61.